The van der Waals surface area contributed by atoms with Crippen molar-refractivity contribution < 1.29 is 14.7 Å². The van der Waals surface area contributed by atoms with Crippen molar-refractivity contribution in [1.29, 1.82) is 0 Å². The smallest absolute Gasteiger partial charge is 0.321 e. The number of nitrogens with zero attached hydrogens (tertiary/aromatic N) is 1. The average Bonchev–Trinajstić information content (AvgIpc) is 2.73. The second kappa shape index (κ2) is 8.47. The molecule has 0 aromatic carbocycles. The van der Waals surface area contributed by atoms with Crippen LogP contribution in [0.15, 0.2) is 5.38 Å². The fourth-order valence-corrected chi connectivity index (χ4v) is 2.19. The molecule has 106 valence electrons. The predicted octanol–water partition coefficient (Wildman–Crippen LogP) is 2.61. The van der Waals surface area contributed by atoms with Crippen LogP contribution in [0.1, 0.15) is 37.8 Å². The Labute approximate surface area is 116 Å². The number of carboxylic acids is 1. The van der Waals surface area contributed by atoms with Gasteiger partial charge in [-0.05, 0) is 19.8 Å². The lowest BCUT2D eigenvalue weighted by molar-refractivity contribution is -0.137. The zero-order valence-corrected chi connectivity index (χ0v) is 11.8. The SMILES string of the molecule is Cc1csc(NC(=O)NCCCCCCC(=O)O)n1. The van der Waals surface area contributed by atoms with Crippen LogP contribution in [-0.2, 0) is 4.79 Å². The third kappa shape index (κ3) is 7.40. The zero-order valence-electron chi connectivity index (χ0n) is 10.9. The van der Waals surface area contributed by atoms with Crippen LogP contribution in [0.4, 0.5) is 9.93 Å². The Balaban J connectivity index is 2.00. The van der Waals surface area contributed by atoms with Crippen molar-refractivity contribution in [3.63, 3.8) is 0 Å². The topological polar surface area (TPSA) is 91.3 Å². The van der Waals surface area contributed by atoms with Gasteiger partial charge in [0.05, 0.1) is 5.69 Å². The highest BCUT2D eigenvalue weighted by molar-refractivity contribution is 7.13. The van der Waals surface area contributed by atoms with Crippen LogP contribution in [0.25, 0.3) is 0 Å². The minimum Gasteiger partial charge on any atom is -0.481 e. The highest BCUT2D eigenvalue weighted by atomic mass is 32.1. The number of nitrogens with one attached hydrogen (secondary N) is 2. The maximum absolute atomic E-state index is 11.5. The average molecular weight is 285 g/mol. The number of hydrogen-bond acceptors (Lipinski definition) is 4. The molecule has 0 aliphatic heterocycles. The standard InChI is InChI=1S/C12H19N3O3S/c1-9-8-19-12(14-9)15-11(18)13-7-5-3-2-4-6-10(16)17/h8H,2-7H2,1H3,(H,16,17)(H2,13,14,15,18). The number of urea groups is 1. The molecule has 0 saturated heterocycles. The largest absolute Gasteiger partial charge is 0.481 e. The van der Waals surface area contributed by atoms with E-state index in [0.29, 0.717) is 18.1 Å². The number of anilines is 1. The normalized spacial score (nSPS) is 10.2. The number of aryl methyl sites for hydroxylation is 1. The first-order chi connectivity index (χ1) is 9.08. The molecule has 0 aliphatic carbocycles. The van der Waals surface area contributed by atoms with Gasteiger partial charge in [-0.25, -0.2) is 9.78 Å². The van der Waals surface area contributed by atoms with E-state index >= 15 is 0 Å². The highest BCUT2D eigenvalue weighted by Crippen LogP contribution is 2.13. The summed E-state index contributed by atoms with van der Waals surface area (Å²) in [5, 5.41) is 16.3. The molecular formula is C12H19N3O3S. The molecule has 0 bridgehead atoms. The van der Waals surface area contributed by atoms with Crippen LogP contribution in [0.5, 0.6) is 0 Å². The Hall–Kier alpha value is -1.63. The summed E-state index contributed by atoms with van der Waals surface area (Å²) in [4.78, 5) is 25.9. The summed E-state index contributed by atoms with van der Waals surface area (Å²) < 4.78 is 0. The molecule has 0 spiro atoms. The van der Waals surface area contributed by atoms with E-state index in [2.05, 4.69) is 15.6 Å². The van der Waals surface area contributed by atoms with Crippen LogP contribution < -0.4 is 10.6 Å². The van der Waals surface area contributed by atoms with Crippen molar-refractivity contribution in [1.82, 2.24) is 10.3 Å². The van der Waals surface area contributed by atoms with Crippen LogP contribution in [0.2, 0.25) is 0 Å². The second-order valence-corrected chi connectivity index (χ2v) is 5.09. The Morgan fingerprint density at radius 1 is 1.32 bits per heavy atom. The van der Waals surface area contributed by atoms with E-state index in [-0.39, 0.29) is 12.5 Å². The number of amides is 2. The number of carbonyl (C=O) groups is 2. The number of hydrogen-bond donors (Lipinski definition) is 3. The summed E-state index contributed by atoms with van der Waals surface area (Å²) in [6.45, 7) is 2.46. The van der Waals surface area contributed by atoms with E-state index in [1.54, 1.807) is 0 Å². The molecular weight excluding hydrogens is 266 g/mol. The number of carbonyl (C=O) groups excluding carboxylic acids is 1. The second-order valence-electron chi connectivity index (χ2n) is 4.23. The molecule has 19 heavy (non-hydrogen) atoms. The van der Waals surface area contributed by atoms with E-state index < -0.39 is 5.97 Å². The molecule has 0 saturated carbocycles. The highest BCUT2D eigenvalue weighted by Gasteiger charge is 2.03. The van der Waals surface area contributed by atoms with Crippen molar-refractivity contribution in [3.8, 4) is 0 Å². The number of thiazole rings is 1. The summed E-state index contributed by atoms with van der Waals surface area (Å²) in [7, 11) is 0. The molecule has 2 amide bonds. The molecule has 1 aromatic heterocycles. The van der Waals surface area contributed by atoms with E-state index in [1.165, 1.54) is 11.3 Å². The molecule has 0 atom stereocenters. The van der Waals surface area contributed by atoms with E-state index in [9.17, 15) is 9.59 Å². The van der Waals surface area contributed by atoms with Gasteiger partial charge in [-0.3, -0.25) is 10.1 Å². The Morgan fingerprint density at radius 2 is 2.05 bits per heavy atom. The molecule has 3 N–H and O–H groups in total. The zero-order chi connectivity index (χ0) is 14.1. The predicted molar refractivity (Wildman–Crippen MR) is 74.6 cm³/mol. The lowest BCUT2D eigenvalue weighted by Gasteiger charge is -2.05. The van der Waals surface area contributed by atoms with Gasteiger partial charge in [-0.2, -0.15) is 0 Å². The summed E-state index contributed by atoms with van der Waals surface area (Å²) in [6, 6.07) is -0.250. The summed E-state index contributed by atoms with van der Waals surface area (Å²) in [5.74, 6) is -0.753. The van der Waals surface area contributed by atoms with Crippen LogP contribution in [0, 0.1) is 6.92 Å². The lowest BCUT2D eigenvalue weighted by Crippen LogP contribution is -2.29. The fraction of sp³-hybridized carbons (Fsp3) is 0.583. The molecule has 1 aromatic rings. The maximum atomic E-state index is 11.5. The molecule has 0 aliphatic rings. The van der Waals surface area contributed by atoms with Gasteiger partial charge in [-0.15, -0.1) is 11.3 Å². The van der Waals surface area contributed by atoms with Crippen molar-refractivity contribution >= 4 is 28.5 Å². The van der Waals surface area contributed by atoms with Crippen molar-refractivity contribution in [2.24, 2.45) is 0 Å². The van der Waals surface area contributed by atoms with Crippen LogP contribution >= 0.6 is 11.3 Å². The number of unbranched alkanes of at least 4 members (excludes halogenated alkanes) is 3. The molecule has 7 heteroatoms. The monoisotopic (exact) mass is 285 g/mol. The minimum absolute atomic E-state index is 0.220. The number of rotatable bonds is 8. The molecule has 1 heterocycles. The van der Waals surface area contributed by atoms with Crippen LogP contribution in [-0.4, -0.2) is 28.6 Å². The fourth-order valence-electron chi connectivity index (χ4n) is 1.51. The van der Waals surface area contributed by atoms with E-state index in [1.807, 2.05) is 12.3 Å². The van der Waals surface area contributed by atoms with Gasteiger partial charge in [0.15, 0.2) is 5.13 Å². The first-order valence-corrected chi connectivity index (χ1v) is 7.14. The van der Waals surface area contributed by atoms with Crippen molar-refractivity contribution in [3.05, 3.63) is 11.1 Å². The third-order valence-electron chi connectivity index (χ3n) is 2.44. The van der Waals surface area contributed by atoms with Gasteiger partial charge in [0.2, 0.25) is 0 Å². The molecule has 0 unspecified atom stereocenters. The first kappa shape index (κ1) is 15.4. The van der Waals surface area contributed by atoms with Crippen molar-refractivity contribution in [2.45, 2.75) is 39.0 Å². The summed E-state index contributed by atoms with van der Waals surface area (Å²) >= 11 is 1.39. The van der Waals surface area contributed by atoms with Crippen LogP contribution in [0.3, 0.4) is 0 Å². The molecule has 0 radical (unpaired) electrons. The Morgan fingerprint density at radius 3 is 2.68 bits per heavy atom. The number of aliphatic carboxylic acids is 1. The third-order valence-corrected chi connectivity index (χ3v) is 3.32. The van der Waals surface area contributed by atoms with Gasteiger partial charge in [0, 0.05) is 18.3 Å². The van der Waals surface area contributed by atoms with Gasteiger partial charge < -0.3 is 10.4 Å². The van der Waals surface area contributed by atoms with Gasteiger partial charge >= 0.3 is 12.0 Å². The Bertz CT molecular complexity index is 420. The van der Waals surface area contributed by atoms with Gasteiger partial charge in [0.25, 0.3) is 0 Å². The number of carboxylic acid groups (broad SMARTS) is 1. The van der Waals surface area contributed by atoms with E-state index in [4.69, 9.17) is 5.11 Å². The lowest BCUT2D eigenvalue weighted by atomic mass is 10.1. The maximum Gasteiger partial charge on any atom is 0.321 e. The van der Waals surface area contributed by atoms with Crippen molar-refractivity contribution in [2.75, 3.05) is 11.9 Å². The van der Waals surface area contributed by atoms with Gasteiger partial charge in [-0.1, -0.05) is 12.8 Å². The van der Waals surface area contributed by atoms with E-state index in [0.717, 1.165) is 25.0 Å². The minimum atomic E-state index is -0.753. The summed E-state index contributed by atoms with van der Waals surface area (Å²) in [6.07, 6.45) is 3.56. The summed E-state index contributed by atoms with van der Waals surface area (Å²) in [5.41, 5.74) is 0.888. The molecule has 6 nitrogen and oxygen atoms in total. The first-order valence-electron chi connectivity index (χ1n) is 6.26. The van der Waals surface area contributed by atoms with Gasteiger partial charge in [0.1, 0.15) is 0 Å². The quantitative estimate of drug-likeness (QED) is 0.640. The molecule has 0 fully saturated rings. The number of aromatic nitrogens is 1. The molecule has 1 rings (SSSR count). The Kier molecular flexibility index (Phi) is 6.88.